The molecule has 0 fully saturated rings. The van der Waals surface area contributed by atoms with Crippen molar-refractivity contribution in [2.45, 2.75) is 65.1 Å². The van der Waals surface area contributed by atoms with Crippen molar-refractivity contribution in [2.75, 3.05) is 0 Å². The monoisotopic (exact) mass is 490 g/mol. The molecule has 5 heteroatoms. The van der Waals surface area contributed by atoms with Crippen molar-refractivity contribution in [3.05, 3.63) is 106 Å². The fraction of sp³-hybridized carbons (Fsp3) is 0.333. The molecule has 0 aliphatic heterocycles. The number of nitrogens with zero attached hydrogens (tertiary/aromatic N) is 1. The van der Waals surface area contributed by atoms with Gasteiger partial charge in [-0.25, -0.2) is 0 Å². The summed E-state index contributed by atoms with van der Waals surface area (Å²) in [5.74, 6) is -0.188. The molecule has 0 aliphatic rings. The Kier molecular flexibility index (Phi) is 9.92. The summed E-state index contributed by atoms with van der Waals surface area (Å²) < 4.78 is 0. The van der Waals surface area contributed by atoms with E-state index < -0.39 is 6.04 Å². The van der Waals surface area contributed by atoms with E-state index in [2.05, 4.69) is 5.32 Å². The molecule has 4 nitrogen and oxygen atoms in total. The lowest BCUT2D eigenvalue weighted by atomic mass is 10.0. The molecule has 3 rings (SSSR count). The van der Waals surface area contributed by atoms with Crippen LogP contribution in [0.15, 0.2) is 78.9 Å². The van der Waals surface area contributed by atoms with Gasteiger partial charge in [0.1, 0.15) is 6.04 Å². The Bertz CT molecular complexity index is 1100. The SMILES string of the molecule is CC[C@@H](C)NC(=O)[C@H](Cc1ccccc1)N(Cc1ccc(C)cc1)C(=O)CCc1ccccc1Cl. The normalized spacial score (nSPS) is 12.6. The van der Waals surface area contributed by atoms with Gasteiger partial charge in [0.05, 0.1) is 0 Å². The predicted octanol–water partition coefficient (Wildman–Crippen LogP) is 6.14. The van der Waals surface area contributed by atoms with Gasteiger partial charge >= 0.3 is 0 Å². The highest BCUT2D eigenvalue weighted by Gasteiger charge is 2.30. The molecule has 2 amide bonds. The van der Waals surface area contributed by atoms with Crippen LogP contribution in [0.4, 0.5) is 0 Å². The summed E-state index contributed by atoms with van der Waals surface area (Å²) in [6.45, 7) is 6.43. The summed E-state index contributed by atoms with van der Waals surface area (Å²) in [7, 11) is 0. The minimum Gasteiger partial charge on any atom is -0.352 e. The quantitative estimate of drug-likeness (QED) is 0.351. The number of hydrogen-bond donors (Lipinski definition) is 1. The second kappa shape index (κ2) is 13.1. The smallest absolute Gasteiger partial charge is 0.243 e. The van der Waals surface area contributed by atoms with E-state index in [0.717, 1.165) is 28.7 Å². The van der Waals surface area contributed by atoms with Crippen LogP contribution in [0.3, 0.4) is 0 Å². The van der Waals surface area contributed by atoms with E-state index in [4.69, 9.17) is 11.6 Å². The molecule has 184 valence electrons. The maximum Gasteiger partial charge on any atom is 0.243 e. The highest BCUT2D eigenvalue weighted by atomic mass is 35.5. The van der Waals surface area contributed by atoms with E-state index in [0.29, 0.717) is 24.4 Å². The molecule has 3 aromatic rings. The van der Waals surface area contributed by atoms with E-state index in [-0.39, 0.29) is 24.3 Å². The lowest BCUT2D eigenvalue weighted by Gasteiger charge is -2.32. The van der Waals surface area contributed by atoms with Gasteiger partial charge in [0.15, 0.2) is 0 Å². The zero-order valence-electron chi connectivity index (χ0n) is 20.8. The number of rotatable bonds is 11. The lowest BCUT2D eigenvalue weighted by Crippen LogP contribution is -2.52. The molecule has 0 saturated heterocycles. The summed E-state index contributed by atoms with van der Waals surface area (Å²) >= 11 is 6.34. The number of hydrogen-bond acceptors (Lipinski definition) is 2. The highest BCUT2D eigenvalue weighted by molar-refractivity contribution is 6.31. The summed E-state index contributed by atoms with van der Waals surface area (Å²) in [6, 6.07) is 25.0. The van der Waals surface area contributed by atoms with Crippen molar-refractivity contribution in [3.8, 4) is 0 Å². The number of carbonyl (C=O) groups is 2. The highest BCUT2D eigenvalue weighted by Crippen LogP contribution is 2.20. The van der Waals surface area contributed by atoms with Crippen molar-refractivity contribution < 1.29 is 9.59 Å². The van der Waals surface area contributed by atoms with Gasteiger partial charge in [0.25, 0.3) is 0 Å². The molecule has 0 radical (unpaired) electrons. The number of carbonyl (C=O) groups excluding carboxylic acids is 2. The zero-order chi connectivity index (χ0) is 25.2. The Balaban J connectivity index is 1.91. The van der Waals surface area contributed by atoms with Gasteiger partial charge in [-0.15, -0.1) is 0 Å². The van der Waals surface area contributed by atoms with E-state index in [1.807, 2.05) is 99.6 Å². The van der Waals surface area contributed by atoms with Crippen molar-refractivity contribution in [2.24, 2.45) is 0 Å². The van der Waals surface area contributed by atoms with Crippen LogP contribution < -0.4 is 5.32 Å². The van der Waals surface area contributed by atoms with Crippen LogP contribution in [-0.2, 0) is 29.0 Å². The van der Waals surface area contributed by atoms with Crippen molar-refractivity contribution in [1.82, 2.24) is 10.2 Å². The predicted molar refractivity (Wildman–Crippen MR) is 143 cm³/mol. The Hall–Kier alpha value is -3.11. The van der Waals surface area contributed by atoms with Gasteiger partial charge in [0, 0.05) is 30.5 Å². The third-order valence-corrected chi connectivity index (χ3v) is 6.68. The van der Waals surface area contributed by atoms with Crippen LogP contribution in [0.25, 0.3) is 0 Å². The van der Waals surface area contributed by atoms with Gasteiger partial charge in [-0.3, -0.25) is 9.59 Å². The summed E-state index contributed by atoms with van der Waals surface area (Å²) in [6.07, 6.45) is 2.07. The third-order valence-electron chi connectivity index (χ3n) is 6.31. The molecule has 35 heavy (non-hydrogen) atoms. The number of halogens is 1. The Labute approximate surface area is 214 Å². The minimum atomic E-state index is -0.619. The molecule has 0 heterocycles. The van der Waals surface area contributed by atoms with Gasteiger partial charge < -0.3 is 10.2 Å². The Morgan fingerprint density at radius 2 is 1.57 bits per heavy atom. The average Bonchev–Trinajstić information content (AvgIpc) is 2.87. The van der Waals surface area contributed by atoms with E-state index in [1.165, 1.54) is 0 Å². The minimum absolute atomic E-state index is 0.0280. The molecule has 0 aromatic heterocycles. The maximum atomic E-state index is 13.7. The number of nitrogens with one attached hydrogen (secondary N) is 1. The van der Waals surface area contributed by atoms with E-state index in [1.54, 1.807) is 4.90 Å². The molecule has 0 saturated carbocycles. The van der Waals surface area contributed by atoms with Gasteiger partial charge in [-0.2, -0.15) is 0 Å². The van der Waals surface area contributed by atoms with Crippen molar-refractivity contribution in [3.63, 3.8) is 0 Å². The molecule has 0 unspecified atom stereocenters. The third kappa shape index (κ3) is 7.97. The van der Waals surface area contributed by atoms with E-state index in [9.17, 15) is 9.59 Å². The molecular formula is C30H35ClN2O2. The molecule has 2 atom stereocenters. The first-order chi connectivity index (χ1) is 16.9. The van der Waals surface area contributed by atoms with Gasteiger partial charge in [0.2, 0.25) is 11.8 Å². The molecule has 3 aromatic carbocycles. The van der Waals surface area contributed by atoms with Crippen LogP contribution in [0.2, 0.25) is 5.02 Å². The van der Waals surface area contributed by atoms with Crippen LogP contribution >= 0.6 is 11.6 Å². The Morgan fingerprint density at radius 1 is 0.914 bits per heavy atom. The zero-order valence-corrected chi connectivity index (χ0v) is 21.6. The average molecular weight is 491 g/mol. The maximum absolute atomic E-state index is 13.7. The molecule has 0 spiro atoms. The fourth-order valence-electron chi connectivity index (χ4n) is 3.97. The van der Waals surface area contributed by atoms with Crippen LogP contribution in [0.5, 0.6) is 0 Å². The summed E-state index contributed by atoms with van der Waals surface area (Å²) in [5, 5.41) is 3.76. The molecule has 0 bridgehead atoms. The summed E-state index contributed by atoms with van der Waals surface area (Å²) in [4.78, 5) is 28.9. The van der Waals surface area contributed by atoms with Crippen LogP contribution in [0.1, 0.15) is 48.9 Å². The fourth-order valence-corrected chi connectivity index (χ4v) is 4.20. The molecule has 0 aliphatic carbocycles. The number of benzene rings is 3. The standard InChI is InChI=1S/C30H35ClN2O2/c1-4-23(3)32-30(35)28(20-24-10-6-5-7-11-24)33(21-25-16-14-22(2)15-17-25)29(34)19-18-26-12-8-9-13-27(26)31/h5-17,23,28H,4,18-21H2,1-3H3,(H,32,35)/t23-,28+/m1/s1. The molecule has 1 N–H and O–H groups in total. The second-order valence-corrected chi connectivity index (χ2v) is 9.53. The first-order valence-corrected chi connectivity index (χ1v) is 12.7. The number of aryl methyl sites for hydroxylation is 2. The first-order valence-electron chi connectivity index (χ1n) is 12.3. The van der Waals surface area contributed by atoms with Gasteiger partial charge in [-0.05, 0) is 49.4 Å². The molecular weight excluding hydrogens is 456 g/mol. The lowest BCUT2D eigenvalue weighted by molar-refractivity contribution is -0.141. The topological polar surface area (TPSA) is 49.4 Å². The van der Waals surface area contributed by atoms with Crippen LogP contribution in [-0.4, -0.2) is 28.8 Å². The van der Waals surface area contributed by atoms with Gasteiger partial charge in [-0.1, -0.05) is 96.9 Å². The Morgan fingerprint density at radius 3 is 2.23 bits per heavy atom. The van der Waals surface area contributed by atoms with E-state index >= 15 is 0 Å². The second-order valence-electron chi connectivity index (χ2n) is 9.12. The first kappa shape index (κ1) is 26.5. The number of amides is 2. The van der Waals surface area contributed by atoms with Crippen molar-refractivity contribution in [1.29, 1.82) is 0 Å². The van der Waals surface area contributed by atoms with Crippen LogP contribution in [0, 0.1) is 6.92 Å². The summed E-state index contributed by atoms with van der Waals surface area (Å²) in [5.41, 5.74) is 4.10. The van der Waals surface area contributed by atoms with Crippen molar-refractivity contribution >= 4 is 23.4 Å². The largest absolute Gasteiger partial charge is 0.352 e.